The van der Waals surface area contributed by atoms with Crippen LogP contribution in [0.25, 0.3) is 0 Å². The Hall–Kier alpha value is -0.720. The SMILES string of the molecule is c1[nH]cc2c1CC2. The van der Waals surface area contributed by atoms with Crippen LogP contribution in [0.4, 0.5) is 0 Å². The topological polar surface area (TPSA) is 15.8 Å². The van der Waals surface area contributed by atoms with Gasteiger partial charge in [0.25, 0.3) is 0 Å². The van der Waals surface area contributed by atoms with E-state index >= 15 is 0 Å². The van der Waals surface area contributed by atoms with E-state index in [0.717, 1.165) is 0 Å². The van der Waals surface area contributed by atoms with Crippen LogP contribution >= 0.6 is 0 Å². The number of H-pyrrole nitrogens is 1. The summed E-state index contributed by atoms with van der Waals surface area (Å²) in [4.78, 5) is 3.06. The predicted octanol–water partition coefficient (Wildman–Crippen LogP) is 1.11. The van der Waals surface area contributed by atoms with Gasteiger partial charge in [0.15, 0.2) is 0 Å². The van der Waals surface area contributed by atoms with Crippen molar-refractivity contribution in [3.63, 3.8) is 0 Å². The minimum Gasteiger partial charge on any atom is -0.367 e. The lowest BCUT2D eigenvalue weighted by molar-refractivity contribution is 0.853. The Bertz CT molecular complexity index is 158. The first-order valence-corrected chi connectivity index (χ1v) is 2.61. The van der Waals surface area contributed by atoms with Crippen LogP contribution in [0.15, 0.2) is 12.4 Å². The molecule has 7 heavy (non-hydrogen) atoms. The third-order valence-electron chi connectivity index (χ3n) is 1.59. The van der Waals surface area contributed by atoms with Crippen LogP contribution < -0.4 is 0 Å². The lowest BCUT2D eigenvalue weighted by Gasteiger charge is -2.09. The second kappa shape index (κ2) is 0.915. The quantitative estimate of drug-likeness (QED) is 0.494. The van der Waals surface area contributed by atoms with E-state index < -0.39 is 0 Å². The van der Waals surface area contributed by atoms with Crippen molar-refractivity contribution in [1.82, 2.24) is 4.98 Å². The fraction of sp³-hybridized carbons (Fsp3) is 0.333. The van der Waals surface area contributed by atoms with Gasteiger partial charge >= 0.3 is 0 Å². The molecule has 0 bridgehead atoms. The van der Waals surface area contributed by atoms with E-state index in [9.17, 15) is 0 Å². The zero-order chi connectivity index (χ0) is 4.69. The first kappa shape index (κ1) is 3.30. The van der Waals surface area contributed by atoms with E-state index in [-0.39, 0.29) is 0 Å². The molecule has 1 heteroatoms. The fourth-order valence-electron chi connectivity index (χ4n) is 0.986. The number of hydrogen-bond donors (Lipinski definition) is 1. The van der Waals surface area contributed by atoms with Crippen molar-refractivity contribution in [3.8, 4) is 0 Å². The Morgan fingerprint density at radius 2 is 1.71 bits per heavy atom. The van der Waals surface area contributed by atoms with Crippen LogP contribution in [0.2, 0.25) is 0 Å². The van der Waals surface area contributed by atoms with Crippen LogP contribution in [-0.2, 0) is 12.8 Å². The lowest BCUT2D eigenvalue weighted by Crippen LogP contribution is -2.02. The maximum Gasteiger partial charge on any atom is 0.00403 e. The molecule has 36 valence electrons. The van der Waals surface area contributed by atoms with Gasteiger partial charge in [-0.05, 0) is 24.0 Å². The van der Waals surface area contributed by atoms with Crippen molar-refractivity contribution in [2.24, 2.45) is 0 Å². The van der Waals surface area contributed by atoms with Gasteiger partial charge in [-0.3, -0.25) is 0 Å². The van der Waals surface area contributed by atoms with Gasteiger partial charge in [0.2, 0.25) is 0 Å². The van der Waals surface area contributed by atoms with Gasteiger partial charge in [-0.1, -0.05) is 0 Å². The minimum absolute atomic E-state index is 1.29. The van der Waals surface area contributed by atoms with Crippen molar-refractivity contribution in [1.29, 1.82) is 0 Å². The van der Waals surface area contributed by atoms with Crippen LogP contribution in [0, 0.1) is 0 Å². The van der Waals surface area contributed by atoms with Gasteiger partial charge in [0, 0.05) is 12.4 Å². The molecule has 1 nitrogen and oxygen atoms in total. The number of rotatable bonds is 0. The van der Waals surface area contributed by atoms with E-state index in [1.54, 1.807) is 0 Å². The summed E-state index contributed by atoms with van der Waals surface area (Å²) in [7, 11) is 0. The summed E-state index contributed by atoms with van der Waals surface area (Å²) in [6, 6.07) is 0. The summed E-state index contributed by atoms with van der Waals surface area (Å²) < 4.78 is 0. The highest BCUT2D eigenvalue weighted by Crippen LogP contribution is 2.20. The molecule has 0 amide bonds. The maximum atomic E-state index is 3.06. The van der Waals surface area contributed by atoms with Crippen molar-refractivity contribution >= 4 is 0 Å². The smallest absolute Gasteiger partial charge is 0.00403 e. The highest BCUT2D eigenvalue weighted by atomic mass is 14.6. The standard InChI is InChI=1S/C6H7N/c1-2-6-4-7-3-5(1)6/h3-4,7H,1-2H2. The molecule has 0 radical (unpaired) electrons. The van der Waals surface area contributed by atoms with Crippen LogP contribution in [0.5, 0.6) is 0 Å². The van der Waals surface area contributed by atoms with Crippen molar-refractivity contribution in [3.05, 3.63) is 23.5 Å². The lowest BCUT2D eigenvalue weighted by atomic mass is 9.94. The third kappa shape index (κ3) is 0.279. The Morgan fingerprint density at radius 3 is 2.00 bits per heavy atom. The second-order valence-electron chi connectivity index (χ2n) is 2.01. The van der Waals surface area contributed by atoms with E-state index in [2.05, 4.69) is 17.4 Å². The normalized spacial score (nSPS) is 15.4. The van der Waals surface area contributed by atoms with Gasteiger partial charge in [-0.25, -0.2) is 0 Å². The number of fused-ring (bicyclic) bond motifs is 1. The molecule has 1 aliphatic carbocycles. The first-order valence-electron chi connectivity index (χ1n) is 2.61. The van der Waals surface area contributed by atoms with Gasteiger partial charge in [-0.2, -0.15) is 0 Å². The minimum atomic E-state index is 1.29. The largest absolute Gasteiger partial charge is 0.367 e. The summed E-state index contributed by atoms with van der Waals surface area (Å²) in [5.41, 5.74) is 3.03. The van der Waals surface area contributed by atoms with Crippen molar-refractivity contribution in [2.75, 3.05) is 0 Å². The molecule has 2 rings (SSSR count). The molecule has 1 aliphatic rings. The van der Waals surface area contributed by atoms with E-state index in [4.69, 9.17) is 0 Å². The molecule has 1 aromatic heterocycles. The molecule has 0 saturated carbocycles. The third-order valence-corrected chi connectivity index (χ3v) is 1.59. The molecule has 0 unspecified atom stereocenters. The fourth-order valence-corrected chi connectivity index (χ4v) is 0.986. The Labute approximate surface area is 42.4 Å². The molecule has 0 atom stereocenters. The molecular weight excluding hydrogens is 86.1 g/mol. The molecule has 0 aliphatic heterocycles. The molecule has 0 spiro atoms. The molecule has 1 aromatic rings. The highest BCUT2D eigenvalue weighted by Gasteiger charge is 2.11. The summed E-state index contributed by atoms with van der Waals surface area (Å²) in [5.74, 6) is 0. The first-order chi connectivity index (χ1) is 3.47. The summed E-state index contributed by atoms with van der Waals surface area (Å²) in [5, 5.41) is 0. The van der Waals surface area contributed by atoms with Gasteiger partial charge in [0.05, 0.1) is 0 Å². The molecule has 0 aromatic carbocycles. The van der Waals surface area contributed by atoms with Crippen LogP contribution in [0.1, 0.15) is 11.1 Å². The highest BCUT2D eigenvalue weighted by molar-refractivity contribution is 5.31. The Morgan fingerprint density at radius 1 is 1.14 bits per heavy atom. The van der Waals surface area contributed by atoms with Crippen molar-refractivity contribution < 1.29 is 0 Å². The summed E-state index contributed by atoms with van der Waals surface area (Å²) in [6.45, 7) is 0. The van der Waals surface area contributed by atoms with Gasteiger partial charge < -0.3 is 4.98 Å². The molecule has 0 fully saturated rings. The van der Waals surface area contributed by atoms with E-state index in [1.807, 2.05) is 0 Å². The average molecular weight is 93.1 g/mol. The van der Waals surface area contributed by atoms with Gasteiger partial charge in [-0.15, -0.1) is 0 Å². The van der Waals surface area contributed by atoms with Crippen molar-refractivity contribution in [2.45, 2.75) is 12.8 Å². The van der Waals surface area contributed by atoms with Crippen LogP contribution in [0.3, 0.4) is 0 Å². The number of aromatic nitrogens is 1. The van der Waals surface area contributed by atoms with E-state index in [1.165, 1.54) is 24.0 Å². The molecule has 1 heterocycles. The zero-order valence-electron chi connectivity index (χ0n) is 4.07. The average Bonchev–Trinajstić information content (AvgIpc) is 1.85. The Kier molecular flexibility index (Phi) is 0.432. The molecular formula is C6H7N. The van der Waals surface area contributed by atoms with E-state index in [0.29, 0.717) is 0 Å². The molecule has 0 saturated heterocycles. The zero-order valence-corrected chi connectivity index (χ0v) is 4.07. The predicted molar refractivity (Wildman–Crippen MR) is 28.2 cm³/mol. The molecule has 1 N–H and O–H groups in total. The monoisotopic (exact) mass is 93.1 g/mol. The summed E-state index contributed by atoms with van der Waals surface area (Å²) >= 11 is 0. The Balaban J connectivity index is 2.69. The number of nitrogens with one attached hydrogen (secondary N) is 1. The second-order valence-corrected chi connectivity index (χ2v) is 2.01. The summed E-state index contributed by atoms with van der Waals surface area (Å²) in [6.07, 6.45) is 6.75. The number of aryl methyl sites for hydroxylation is 2. The number of hydrogen-bond acceptors (Lipinski definition) is 0. The maximum absolute atomic E-state index is 3.06. The number of aromatic amines is 1. The van der Waals surface area contributed by atoms with Crippen LogP contribution in [-0.4, -0.2) is 4.98 Å². The van der Waals surface area contributed by atoms with Gasteiger partial charge in [0.1, 0.15) is 0 Å².